The van der Waals surface area contributed by atoms with Gasteiger partial charge >= 0.3 is 0 Å². The fraction of sp³-hybridized carbons (Fsp3) is 0.286. The summed E-state index contributed by atoms with van der Waals surface area (Å²) in [6.07, 6.45) is 3.16. The maximum atomic E-state index is 13.4. The van der Waals surface area contributed by atoms with Gasteiger partial charge in [0.05, 0.1) is 11.7 Å². The van der Waals surface area contributed by atoms with E-state index >= 15 is 0 Å². The van der Waals surface area contributed by atoms with Crippen molar-refractivity contribution in [2.75, 3.05) is 28.6 Å². The number of amides is 1. The van der Waals surface area contributed by atoms with Gasteiger partial charge < -0.3 is 10.2 Å². The van der Waals surface area contributed by atoms with Crippen LogP contribution in [0.25, 0.3) is 5.57 Å². The molecule has 2 heterocycles. The van der Waals surface area contributed by atoms with E-state index in [9.17, 15) is 14.4 Å². The lowest BCUT2D eigenvalue weighted by atomic mass is 9.91. The maximum Gasteiger partial charge on any atom is 0.224 e. The summed E-state index contributed by atoms with van der Waals surface area (Å²) >= 11 is 0. The second-order valence-corrected chi connectivity index (χ2v) is 9.03. The zero-order valence-corrected chi connectivity index (χ0v) is 21.0. The fourth-order valence-corrected chi connectivity index (χ4v) is 4.72. The van der Waals surface area contributed by atoms with Crippen LogP contribution in [0.3, 0.4) is 0 Å². The van der Waals surface area contributed by atoms with Gasteiger partial charge in [0.2, 0.25) is 11.9 Å². The molecule has 0 bridgehead atoms. The lowest BCUT2D eigenvalue weighted by Gasteiger charge is -2.33. The molecule has 0 fully saturated rings. The van der Waals surface area contributed by atoms with Crippen molar-refractivity contribution in [2.45, 2.75) is 40.2 Å². The number of rotatable bonds is 7. The molecular weight excluding hydrogens is 457 g/mol. The molecule has 0 saturated heterocycles. The summed E-state index contributed by atoms with van der Waals surface area (Å²) in [6, 6.07) is 16.0. The van der Waals surface area contributed by atoms with Gasteiger partial charge in [0, 0.05) is 19.2 Å². The van der Waals surface area contributed by atoms with Gasteiger partial charge in [0.25, 0.3) is 0 Å². The van der Waals surface area contributed by atoms with Crippen molar-refractivity contribution < 1.29 is 14.4 Å². The number of anilines is 3. The van der Waals surface area contributed by atoms with Crippen LogP contribution >= 0.6 is 0 Å². The molecule has 2 aromatic carbocycles. The number of hydrazine groups is 1. The second-order valence-electron chi connectivity index (χ2n) is 9.03. The Morgan fingerprint density at radius 1 is 1.11 bits per heavy atom. The van der Waals surface area contributed by atoms with E-state index < -0.39 is 5.95 Å². The molecule has 8 heteroatoms. The molecule has 4 rings (SSSR count). The van der Waals surface area contributed by atoms with Crippen molar-refractivity contribution in [3.63, 3.8) is 0 Å². The van der Waals surface area contributed by atoms with E-state index in [0.717, 1.165) is 52.6 Å². The van der Waals surface area contributed by atoms with E-state index in [-0.39, 0.29) is 17.8 Å². The molecule has 0 spiro atoms. The van der Waals surface area contributed by atoms with E-state index in [1.165, 1.54) is 17.7 Å². The summed E-state index contributed by atoms with van der Waals surface area (Å²) in [4.78, 5) is 18.5. The van der Waals surface area contributed by atoms with Crippen LogP contribution in [0.1, 0.15) is 48.6 Å². The third-order valence-corrected chi connectivity index (χ3v) is 6.49. The minimum atomic E-state index is -0.650. The summed E-state index contributed by atoms with van der Waals surface area (Å²) in [5, 5.41) is 14.8. The van der Waals surface area contributed by atoms with Crippen LogP contribution in [0.2, 0.25) is 0 Å². The number of carbonyl (C=O) groups excluding carboxylic acids is 1. The number of benzene rings is 2. The lowest BCUT2D eigenvalue weighted by molar-refractivity contribution is -0.117. The van der Waals surface area contributed by atoms with Crippen LogP contribution in [-0.2, 0) is 4.79 Å². The maximum absolute atomic E-state index is 13.4. The highest BCUT2D eigenvalue weighted by molar-refractivity contribution is 5.94. The van der Waals surface area contributed by atoms with Crippen LogP contribution in [0, 0.1) is 19.8 Å². The average molecular weight is 490 g/mol. The topological polar surface area (TPSA) is 80.7 Å². The van der Waals surface area contributed by atoms with Crippen LogP contribution in [0.5, 0.6) is 0 Å². The Bertz CT molecular complexity index is 1290. The Hall–Kier alpha value is -3.75. The first-order valence-electron chi connectivity index (χ1n) is 12.0. The highest BCUT2D eigenvalue weighted by Gasteiger charge is 2.26. The normalized spacial score (nSPS) is 14.1. The number of aromatic nitrogens is 1. The smallest absolute Gasteiger partial charge is 0.224 e. The fourth-order valence-electron chi connectivity index (χ4n) is 4.72. The first-order chi connectivity index (χ1) is 17.3. The number of nitrogens with one attached hydrogen (secondary N) is 2. The van der Waals surface area contributed by atoms with Crippen LogP contribution in [0.15, 0.2) is 60.7 Å². The molecule has 0 aliphatic carbocycles. The Balaban J connectivity index is 1.67. The largest absolute Gasteiger partial charge is 0.313 e. The van der Waals surface area contributed by atoms with Gasteiger partial charge in [-0.05, 0) is 85.8 Å². The predicted octanol–water partition coefficient (Wildman–Crippen LogP) is 5.55. The minimum Gasteiger partial charge on any atom is -0.313 e. The van der Waals surface area contributed by atoms with Crippen molar-refractivity contribution in [2.24, 2.45) is 0 Å². The van der Waals surface area contributed by atoms with Crippen molar-refractivity contribution >= 4 is 28.7 Å². The minimum absolute atomic E-state index is 0.0743. The molecule has 0 saturated carbocycles. The predicted molar refractivity (Wildman–Crippen MR) is 141 cm³/mol. The molecule has 1 aliphatic heterocycles. The highest BCUT2D eigenvalue weighted by atomic mass is 19.1. The van der Waals surface area contributed by atoms with E-state index in [2.05, 4.69) is 33.9 Å². The highest BCUT2D eigenvalue weighted by Crippen LogP contribution is 2.37. The number of nitrogens with zero attached hydrogens (tertiary/aromatic N) is 3. The number of hydrogen-bond acceptors (Lipinski definition) is 6. The average Bonchev–Trinajstić information content (AvgIpc) is 2.86. The van der Waals surface area contributed by atoms with Crippen molar-refractivity contribution in [1.29, 1.82) is 0 Å². The lowest BCUT2D eigenvalue weighted by Crippen LogP contribution is -2.33. The first-order valence-corrected chi connectivity index (χ1v) is 12.0. The zero-order valence-electron chi connectivity index (χ0n) is 21.0. The molecule has 0 unspecified atom stereocenters. The molecular formula is C28H32FN5O2. The van der Waals surface area contributed by atoms with Gasteiger partial charge in [-0.3, -0.25) is 15.4 Å². The number of pyridine rings is 1. The van der Waals surface area contributed by atoms with Crippen LogP contribution < -0.4 is 20.8 Å². The number of aryl methyl sites for hydroxylation is 2. The molecule has 1 atom stereocenters. The standard InChI is InChI=1S/C28H32FN5O2/c1-18-17-26(34(36)32-28-11-7-10-27(29)31-28)19(2)16-25(18)33(21(4)35)20(3)23-8-5-6-9-24(23)22-12-14-30-15-13-22/h5-12,16-17,20,30,36H,13-15H2,1-4H3,(H,31,32)/t20-/m1/s1. The summed E-state index contributed by atoms with van der Waals surface area (Å²) in [5.41, 5.74) is 8.99. The molecule has 188 valence electrons. The summed E-state index contributed by atoms with van der Waals surface area (Å²) in [6.45, 7) is 9.13. The van der Waals surface area contributed by atoms with E-state index in [1.807, 2.05) is 39.0 Å². The Morgan fingerprint density at radius 2 is 1.83 bits per heavy atom. The zero-order chi connectivity index (χ0) is 25.8. The van der Waals surface area contributed by atoms with Gasteiger partial charge in [0.1, 0.15) is 5.82 Å². The van der Waals surface area contributed by atoms with Crippen molar-refractivity contribution in [3.05, 3.63) is 88.9 Å². The Morgan fingerprint density at radius 3 is 2.53 bits per heavy atom. The molecule has 36 heavy (non-hydrogen) atoms. The summed E-state index contributed by atoms with van der Waals surface area (Å²) < 4.78 is 13.4. The van der Waals surface area contributed by atoms with Crippen molar-refractivity contribution in [1.82, 2.24) is 10.3 Å². The van der Waals surface area contributed by atoms with Crippen LogP contribution in [0.4, 0.5) is 21.6 Å². The second kappa shape index (κ2) is 10.9. The van der Waals surface area contributed by atoms with E-state index in [1.54, 1.807) is 24.0 Å². The number of hydrogen-bond donors (Lipinski definition) is 3. The Labute approximate surface area is 211 Å². The third kappa shape index (κ3) is 5.40. The molecule has 1 aromatic heterocycles. The van der Waals surface area contributed by atoms with E-state index in [0.29, 0.717) is 5.69 Å². The monoisotopic (exact) mass is 489 g/mol. The number of carbonyl (C=O) groups is 1. The molecule has 1 amide bonds. The molecule has 0 radical (unpaired) electrons. The molecule has 3 N–H and O–H groups in total. The third-order valence-electron chi connectivity index (χ3n) is 6.49. The van der Waals surface area contributed by atoms with E-state index in [4.69, 9.17) is 0 Å². The Kier molecular flexibility index (Phi) is 7.67. The summed E-state index contributed by atoms with van der Waals surface area (Å²) in [5.74, 6) is -0.556. The van der Waals surface area contributed by atoms with Gasteiger partial charge in [-0.25, -0.2) is 4.98 Å². The van der Waals surface area contributed by atoms with Gasteiger partial charge in [-0.2, -0.15) is 9.56 Å². The van der Waals surface area contributed by atoms with Crippen molar-refractivity contribution in [3.8, 4) is 0 Å². The van der Waals surface area contributed by atoms with Gasteiger partial charge in [-0.15, -0.1) is 0 Å². The number of halogens is 1. The quantitative estimate of drug-likeness (QED) is 0.298. The SMILES string of the molecule is CC(=O)N(c1cc(C)c(N(O)Nc2cccc(F)n2)cc1C)[C@H](C)c1ccccc1C1=CCNCC1. The van der Waals surface area contributed by atoms with Crippen LogP contribution in [-0.4, -0.2) is 29.2 Å². The van der Waals surface area contributed by atoms with Gasteiger partial charge in [0.15, 0.2) is 0 Å². The van der Waals surface area contributed by atoms with Gasteiger partial charge in [-0.1, -0.05) is 36.4 Å². The molecule has 3 aromatic rings. The summed E-state index contributed by atoms with van der Waals surface area (Å²) in [7, 11) is 0. The first kappa shape index (κ1) is 25.3. The molecule has 7 nitrogen and oxygen atoms in total. The molecule has 1 aliphatic rings.